The van der Waals surface area contributed by atoms with Crippen molar-refractivity contribution in [3.8, 4) is 12.1 Å². The Morgan fingerprint density at radius 2 is 1.25 bits per heavy atom. The van der Waals surface area contributed by atoms with E-state index in [2.05, 4.69) is 54.7 Å². The van der Waals surface area contributed by atoms with Crippen molar-refractivity contribution in [2.45, 2.75) is 70.6 Å². The van der Waals surface area contributed by atoms with Crippen molar-refractivity contribution < 1.29 is 9.59 Å². The van der Waals surface area contributed by atoms with Crippen molar-refractivity contribution in [1.82, 2.24) is 48.5 Å². The van der Waals surface area contributed by atoms with Crippen LogP contribution in [0.3, 0.4) is 0 Å². The average molecular weight is 711 g/mol. The van der Waals surface area contributed by atoms with E-state index in [4.69, 9.17) is 15.2 Å². The summed E-state index contributed by atoms with van der Waals surface area (Å²) in [6, 6.07) is 8.46. The van der Waals surface area contributed by atoms with Crippen LogP contribution < -0.4 is 0 Å². The van der Waals surface area contributed by atoms with Crippen LogP contribution in [0.1, 0.15) is 82.3 Å². The van der Waals surface area contributed by atoms with Gasteiger partial charge in [-0.2, -0.15) is 10.5 Å². The maximum atomic E-state index is 13.1. The fourth-order valence-electron chi connectivity index (χ4n) is 8.61. The molecule has 2 saturated heterocycles. The fraction of sp³-hybridized carbons (Fsp3) is 0.487. The van der Waals surface area contributed by atoms with Crippen LogP contribution in [-0.2, 0) is 9.59 Å². The van der Waals surface area contributed by atoms with Gasteiger partial charge in [0.25, 0.3) is 0 Å². The summed E-state index contributed by atoms with van der Waals surface area (Å²) < 4.78 is 4.31. The normalized spacial score (nSPS) is 24.5. The quantitative estimate of drug-likeness (QED) is 0.241. The molecule has 4 aliphatic rings. The molecule has 4 atom stereocenters. The number of piperidine rings is 2. The molecular weight excluding hydrogens is 669 g/mol. The Balaban J connectivity index is 0.000000141. The monoisotopic (exact) mass is 710 g/mol. The van der Waals surface area contributed by atoms with Gasteiger partial charge < -0.3 is 19.8 Å². The van der Waals surface area contributed by atoms with E-state index in [1.54, 1.807) is 0 Å². The van der Waals surface area contributed by atoms with Gasteiger partial charge in [0, 0.05) is 56.8 Å². The van der Waals surface area contributed by atoms with Gasteiger partial charge in [-0.05, 0) is 62.5 Å². The standard InChI is InChI=1S/C20H22N6O.C19H20N6O/c1-13-3-9-25(19(27)20(4-5-20)6-7-21)12-15(13)18-24-11-14-10-23-17-16(26(14)18)2-8-22-17;1-12-3-7-24(18(26)19(11-20)4-5-19)10-14(12)17-23-9-13-8-22-16-15(25(13)17)2-6-21-16/h2,8,10-11,13,15,22H,3-6,9,12H2,1H3;2,6,8-9,12,14,21H,3-5,7,10H2,1H3/t13-,15+;12-,14+/m10/s1. The van der Waals surface area contributed by atoms with Crippen LogP contribution in [0.25, 0.3) is 33.4 Å². The van der Waals surface area contributed by atoms with Gasteiger partial charge in [-0.25, -0.2) is 19.9 Å². The number of hydrogen-bond donors (Lipinski definition) is 2. The van der Waals surface area contributed by atoms with Gasteiger partial charge in [0.15, 0.2) is 11.3 Å². The molecule has 270 valence electrons. The minimum Gasteiger partial charge on any atom is -0.345 e. The first-order chi connectivity index (χ1) is 25.8. The molecule has 14 heteroatoms. The predicted molar refractivity (Wildman–Crippen MR) is 195 cm³/mol. The number of hydrogen-bond acceptors (Lipinski definition) is 8. The van der Waals surface area contributed by atoms with Gasteiger partial charge in [0.05, 0.1) is 64.4 Å². The Labute approximate surface area is 305 Å². The fourth-order valence-corrected chi connectivity index (χ4v) is 8.61. The summed E-state index contributed by atoms with van der Waals surface area (Å²) in [4.78, 5) is 54.3. The van der Waals surface area contributed by atoms with Gasteiger partial charge >= 0.3 is 0 Å². The summed E-state index contributed by atoms with van der Waals surface area (Å²) in [6.45, 7) is 7.25. The van der Waals surface area contributed by atoms with E-state index in [1.165, 1.54) is 0 Å². The summed E-state index contributed by atoms with van der Waals surface area (Å²) in [7, 11) is 0. The number of amides is 2. The zero-order valence-electron chi connectivity index (χ0n) is 30.0. The Morgan fingerprint density at radius 3 is 1.70 bits per heavy atom. The lowest BCUT2D eigenvalue weighted by molar-refractivity contribution is -0.139. The number of nitrogens with zero attached hydrogens (tertiary/aromatic N) is 10. The van der Waals surface area contributed by atoms with E-state index in [-0.39, 0.29) is 23.7 Å². The molecule has 2 amide bonds. The van der Waals surface area contributed by atoms with Crippen LogP contribution in [0.4, 0.5) is 0 Å². The topological polar surface area (TPSA) is 180 Å². The molecule has 2 aliphatic heterocycles. The number of H-pyrrole nitrogens is 2. The first kappa shape index (κ1) is 33.1. The summed E-state index contributed by atoms with van der Waals surface area (Å²) in [6.07, 6.45) is 16.4. The molecular formula is C39H42N12O2. The van der Waals surface area contributed by atoms with E-state index in [0.29, 0.717) is 44.2 Å². The smallest absolute Gasteiger partial charge is 0.243 e. The van der Waals surface area contributed by atoms with E-state index < -0.39 is 10.8 Å². The van der Waals surface area contributed by atoms with Crippen molar-refractivity contribution in [1.29, 1.82) is 10.5 Å². The molecule has 0 aromatic carbocycles. The largest absolute Gasteiger partial charge is 0.345 e. The van der Waals surface area contributed by atoms with Gasteiger partial charge in [-0.1, -0.05) is 13.8 Å². The molecule has 0 bridgehead atoms. The first-order valence-electron chi connectivity index (χ1n) is 18.7. The van der Waals surface area contributed by atoms with Crippen molar-refractivity contribution in [3.63, 3.8) is 0 Å². The molecule has 8 heterocycles. The number of carbonyl (C=O) groups is 2. The SMILES string of the molecule is C[C@@H]1CCN(C(=O)C2(CC#N)CC2)C[C@@H]1c1ncc2cnc3[nH]ccc3n12.C[C@H]1CCN(C(=O)C2(C#N)CC2)C[C@H]1c1ncc2cnc3[nH]ccc3n12. The number of aromatic nitrogens is 8. The number of nitrogens with one attached hydrogen (secondary N) is 2. The third-order valence-corrected chi connectivity index (χ3v) is 12.4. The molecule has 6 aromatic heterocycles. The maximum Gasteiger partial charge on any atom is 0.243 e. The Kier molecular flexibility index (Phi) is 7.77. The van der Waals surface area contributed by atoms with Crippen LogP contribution in [0, 0.1) is 45.3 Å². The summed E-state index contributed by atoms with van der Waals surface area (Å²) >= 11 is 0. The van der Waals surface area contributed by atoms with Crippen LogP contribution in [0.5, 0.6) is 0 Å². The molecule has 0 spiro atoms. The van der Waals surface area contributed by atoms with Crippen LogP contribution >= 0.6 is 0 Å². The molecule has 0 radical (unpaired) electrons. The molecule has 2 N–H and O–H groups in total. The number of nitriles is 2. The molecule has 2 aliphatic carbocycles. The lowest BCUT2D eigenvalue weighted by Gasteiger charge is -2.38. The lowest BCUT2D eigenvalue weighted by Crippen LogP contribution is -2.45. The van der Waals surface area contributed by atoms with Crippen molar-refractivity contribution in [2.24, 2.45) is 22.7 Å². The summed E-state index contributed by atoms with van der Waals surface area (Å²) in [5.41, 5.74) is 4.44. The van der Waals surface area contributed by atoms with Crippen molar-refractivity contribution in [2.75, 3.05) is 26.2 Å². The molecule has 14 nitrogen and oxygen atoms in total. The number of aromatic amines is 2. The molecule has 10 rings (SSSR count). The number of likely N-dealkylation sites (tertiary alicyclic amines) is 2. The molecule has 2 saturated carbocycles. The Hall–Kier alpha value is -5.76. The number of carbonyl (C=O) groups excluding carboxylic acids is 2. The second-order valence-electron chi connectivity index (χ2n) is 15.7. The molecule has 0 unspecified atom stereocenters. The molecule has 6 aromatic rings. The highest BCUT2D eigenvalue weighted by molar-refractivity contribution is 5.88. The van der Waals surface area contributed by atoms with Crippen LogP contribution in [0.15, 0.2) is 49.3 Å². The number of fused-ring (bicyclic) bond motifs is 6. The lowest BCUT2D eigenvalue weighted by atomic mass is 9.85. The maximum absolute atomic E-state index is 13.1. The third kappa shape index (κ3) is 5.42. The van der Waals surface area contributed by atoms with Gasteiger partial charge in [-0.15, -0.1) is 0 Å². The van der Waals surface area contributed by atoms with Crippen molar-refractivity contribution in [3.05, 3.63) is 61.0 Å². The second-order valence-corrected chi connectivity index (χ2v) is 15.7. The third-order valence-electron chi connectivity index (χ3n) is 12.4. The van der Waals surface area contributed by atoms with E-state index in [0.717, 1.165) is 83.8 Å². The first-order valence-corrected chi connectivity index (χ1v) is 18.7. The van der Waals surface area contributed by atoms with E-state index in [9.17, 15) is 14.9 Å². The van der Waals surface area contributed by atoms with Gasteiger partial charge in [-0.3, -0.25) is 18.4 Å². The minimum atomic E-state index is -0.752. The summed E-state index contributed by atoms with van der Waals surface area (Å²) in [5.74, 6) is 3.30. The molecule has 53 heavy (non-hydrogen) atoms. The molecule has 4 fully saturated rings. The van der Waals surface area contributed by atoms with Gasteiger partial charge in [0.1, 0.15) is 17.1 Å². The highest BCUT2D eigenvalue weighted by Crippen LogP contribution is 2.51. The summed E-state index contributed by atoms with van der Waals surface area (Å²) in [5, 5.41) is 18.5. The van der Waals surface area contributed by atoms with E-state index >= 15 is 0 Å². The predicted octanol–water partition coefficient (Wildman–Crippen LogP) is 5.32. The Morgan fingerprint density at radius 1 is 0.755 bits per heavy atom. The van der Waals surface area contributed by atoms with Crippen molar-refractivity contribution >= 4 is 45.2 Å². The highest BCUT2D eigenvalue weighted by Gasteiger charge is 2.54. The second kappa shape index (κ2) is 12.4. The van der Waals surface area contributed by atoms with Crippen LogP contribution in [-0.4, -0.2) is 86.5 Å². The van der Waals surface area contributed by atoms with E-state index in [1.807, 2.05) is 59.1 Å². The highest BCUT2D eigenvalue weighted by atomic mass is 16.2. The minimum absolute atomic E-state index is 0.00576. The Bertz CT molecular complexity index is 2470. The average Bonchev–Trinajstić information content (AvgIpc) is 3.79. The van der Waals surface area contributed by atoms with Crippen LogP contribution in [0.2, 0.25) is 0 Å². The number of imidazole rings is 2. The zero-order valence-corrected chi connectivity index (χ0v) is 30.0. The zero-order chi connectivity index (χ0) is 36.5. The number of rotatable bonds is 5. The van der Waals surface area contributed by atoms with Gasteiger partial charge in [0.2, 0.25) is 11.8 Å².